The molecule has 0 aliphatic heterocycles. The highest BCUT2D eigenvalue weighted by Crippen LogP contribution is 2.48. The lowest BCUT2D eigenvalue weighted by atomic mass is 10.0. The molecule has 1 saturated carbocycles. The quantitative estimate of drug-likeness (QED) is 0.766. The van der Waals surface area contributed by atoms with Crippen molar-refractivity contribution in [2.75, 3.05) is 5.32 Å². The number of rotatable bonds is 3. The standard InChI is InChI=1S/C13H19N/c1-10-4-6-12(7-5-10)14-11(2)13(3)8-9-13/h4-7,11,14H,8-9H2,1-3H3. The highest BCUT2D eigenvalue weighted by atomic mass is 14.9. The van der Waals surface area contributed by atoms with Gasteiger partial charge in [-0.25, -0.2) is 0 Å². The van der Waals surface area contributed by atoms with Gasteiger partial charge in [0.15, 0.2) is 0 Å². The Labute approximate surface area is 86.5 Å². The molecule has 0 spiro atoms. The fourth-order valence-corrected chi connectivity index (χ4v) is 1.70. The van der Waals surface area contributed by atoms with Crippen LogP contribution in [0.5, 0.6) is 0 Å². The van der Waals surface area contributed by atoms with Crippen LogP contribution in [0.25, 0.3) is 0 Å². The molecule has 14 heavy (non-hydrogen) atoms. The second-order valence-electron chi connectivity index (χ2n) is 4.89. The largest absolute Gasteiger partial charge is 0.382 e. The van der Waals surface area contributed by atoms with Crippen molar-refractivity contribution in [2.24, 2.45) is 5.41 Å². The minimum atomic E-state index is 0.547. The van der Waals surface area contributed by atoms with Crippen LogP contribution in [0.2, 0.25) is 0 Å². The Bertz CT molecular complexity index is 309. The maximum atomic E-state index is 3.57. The van der Waals surface area contributed by atoms with Crippen molar-refractivity contribution in [3.63, 3.8) is 0 Å². The summed E-state index contributed by atoms with van der Waals surface area (Å²) >= 11 is 0. The normalized spacial score (nSPS) is 20.2. The van der Waals surface area contributed by atoms with Crippen molar-refractivity contribution in [1.82, 2.24) is 0 Å². The molecule has 1 unspecified atom stereocenters. The van der Waals surface area contributed by atoms with E-state index in [1.807, 2.05) is 0 Å². The zero-order valence-electron chi connectivity index (χ0n) is 9.30. The van der Waals surface area contributed by atoms with Gasteiger partial charge in [-0.1, -0.05) is 24.6 Å². The van der Waals surface area contributed by atoms with Crippen molar-refractivity contribution in [3.05, 3.63) is 29.8 Å². The van der Waals surface area contributed by atoms with E-state index in [1.165, 1.54) is 24.1 Å². The molecule has 0 amide bonds. The summed E-state index contributed by atoms with van der Waals surface area (Å²) in [6, 6.07) is 9.23. The van der Waals surface area contributed by atoms with Gasteiger partial charge in [0.1, 0.15) is 0 Å². The summed E-state index contributed by atoms with van der Waals surface area (Å²) in [5, 5.41) is 3.57. The van der Waals surface area contributed by atoms with Crippen LogP contribution in [0.3, 0.4) is 0 Å². The Morgan fingerprint density at radius 1 is 1.21 bits per heavy atom. The number of aryl methyl sites for hydroxylation is 1. The first-order valence-corrected chi connectivity index (χ1v) is 5.43. The number of anilines is 1. The Morgan fingerprint density at radius 2 is 1.79 bits per heavy atom. The molecule has 0 radical (unpaired) electrons. The lowest BCUT2D eigenvalue weighted by Crippen LogP contribution is -2.24. The van der Waals surface area contributed by atoms with E-state index < -0.39 is 0 Å². The Balaban J connectivity index is 2.00. The van der Waals surface area contributed by atoms with Crippen molar-refractivity contribution in [1.29, 1.82) is 0 Å². The van der Waals surface area contributed by atoms with Crippen LogP contribution in [-0.2, 0) is 0 Å². The third-order valence-corrected chi connectivity index (χ3v) is 3.52. The highest BCUT2D eigenvalue weighted by molar-refractivity contribution is 5.45. The first-order chi connectivity index (χ1) is 6.60. The number of nitrogens with one attached hydrogen (secondary N) is 1. The third kappa shape index (κ3) is 1.92. The van der Waals surface area contributed by atoms with E-state index in [0.29, 0.717) is 11.5 Å². The smallest absolute Gasteiger partial charge is 0.0342 e. The lowest BCUT2D eigenvalue weighted by molar-refractivity contribution is 0.493. The van der Waals surface area contributed by atoms with Gasteiger partial charge in [-0.2, -0.15) is 0 Å². The number of hydrogen-bond donors (Lipinski definition) is 1. The molecule has 0 bridgehead atoms. The minimum absolute atomic E-state index is 0.547. The van der Waals surface area contributed by atoms with Crippen LogP contribution in [0, 0.1) is 12.3 Å². The average molecular weight is 189 g/mol. The molecule has 0 saturated heterocycles. The van der Waals surface area contributed by atoms with E-state index in [0.717, 1.165) is 0 Å². The van der Waals surface area contributed by atoms with Gasteiger partial charge >= 0.3 is 0 Å². The van der Waals surface area contributed by atoms with Crippen LogP contribution in [0.4, 0.5) is 5.69 Å². The first kappa shape index (κ1) is 9.57. The molecule has 0 heterocycles. The second-order valence-corrected chi connectivity index (χ2v) is 4.89. The van der Waals surface area contributed by atoms with Gasteiger partial charge < -0.3 is 5.32 Å². The minimum Gasteiger partial charge on any atom is -0.382 e. The topological polar surface area (TPSA) is 12.0 Å². The van der Waals surface area contributed by atoms with Gasteiger partial charge in [-0.15, -0.1) is 0 Å². The summed E-state index contributed by atoms with van der Waals surface area (Å²) in [5.41, 5.74) is 3.11. The zero-order chi connectivity index (χ0) is 10.2. The molecule has 1 aromatic carbocycles. The maximum absolute atomic E-state index is 3.57. The molecular weight excluding hydrogens is 170 g/mol. The Hall–Kier alpha value is -0.980. The van der Waals surface area contributed by atoms with Crippen molar-refractivity contribution in [2.45, 2.75) is 39.7 Å². The summed E-state index contributed by atoms with van der Waals surface area (Å²) in [6.45, 7) is 6.77. The number of benzene rings is 1. The predicted molar refractivity (Wildman–Crippen MR) is 61.6 cm³/mol. The molecule has 1 heteroatoms. The molecular formula is C13H19N. The van der Waals surface area contributed by atoms with Gasteiger partial charge in [0.05, 0.1) is 0 Å². The van der Waals surface area contributed by atoms with E-state index in [4.69, 9.17) is 0 Å². The average Bonchev–Trinajstić information content (AvgIpc) is 2.89. The zero-order valence-corrected chi connectivity index (χ0v) is 9.30. The third-order valence-electron chi connectivity index (χ3n) is 3.52. The predicted octanol–water partition coefficient (Wildman–Crippen LogP) is 3.60. The van der Waals surface area contributed by atoms with Crippen molar-refractivity contribution < 1.29 is 0 Å². The van der Waals surface area contributed by atoms with E-state index in [-0.39, 0.29) is 0 Å². The van der Waals surface area contributed by atoms with E-state index in [2.05, 4.69) is 50.4 Å². The monoisotopic (exact) mass is 189 g/mol. The summed E-state index contributed by atoms with van der Waals surface area (Å²) in [6.07, 6.45) is 2.74. The molecule has 76 valence electrons. The SMILES string of the molecule is Cc1ccc(NC(C)C2(C)CC2)cc1. The first-order valence-electron chi connectivity index (χ1n) is 5.43. The van der Waals surface area contributed by atoms with Crippen LogP contribution < -0.4 is 5.32 Å². The van der Waals surface area contributed by atoms with E-state index in [1.54, 1.807) is 0 Å². The molecule has 1 N–H and O–H groups in total. The molecule has 2 rings (SSSR count). The second kappa shape index (κ2) is 3.30. The molecule has 0 aromatic heterocycles. The molecule has 1 aliphatic carbocycles. The van der Waals surface area contributed by atoms with E-state index in [9.17, 15) is 0 Å². The van der Waals surface area contributed by atoms with Crippen LogP contribution in [0.1, 0.15) is 32.3 Å². The van der Waals surface area contributed by atoms with E-state index >= 15 is 0 Å². The van der Waals surface area contributed by atoms with Gasteiger partial charge in [0, 0.05) is 11.7 Å². The summed E-state index contributed by atoms with van der Waals surface area (Å²) < 4.78 is 0. The van der Waals surface area contributed by atoms with Crippen LogP contribution in [0.15, 0.2) is 24.3 Å². The molecule has 1 fully saturated rings. The van der Waals surface area contributed by atoms with Gasteiger partial charge in [0.25, 0.3) is 0 Å². The van der Waals surface area contributed by atoms with Gasteiger partial charge in [-0.3, -0.25) is 0 Å². The van der Waals surface area contributed by atoms with Gasteiger partial charge in [0.2, 0.25) is 0 Å². The maximum Gasteiger partial charge on any atom is 0.0342 e. The van der Waals surface area contributed by atoms with Crippen LogP contribution >= 0.6 is 0 Å². The summed E-state index contributed by atoms with van der Waals surface area (Å²) in [4.78, 5) is 0. The Morgan fingerprint density at radius 3 is 2.29 bits per heavy atom. The fraction of sp³-hybridized carbons (Fsp3) is 0.538. The highest BCUT2D eigenvalue weighted by Gasteiger charge is 2.42. The summed E-state index contributed by atoms with van der Waals surface area (Å²) in [7, 11) is 0. The van der Waals surface area contributed by atoms with Crippen molar-refractivity contribution in [3.8, 4) is 0 Å². The fourth-order valence-electron chi connectivity index (χ4n) is 1.70. The van der Waals surface area contributed by atoms with Gasteiger partial charge in [-0.05, 0) is 44.2 Å². The number of hydrogen-bond acceptors (Lipinski definition) is 1. The van der Waals surface area contributed by atoms with Crippen LogP contribution in [-0.4, -0.2) is 6.04 Å². The summed E-state index contributed by atoms with van der Waals surface area (Å²) in [5.74, 6) is 0. The van der Waals surface area contributed by atoms with Crippen molar-refractivity contribution >= 4 is 5.69 Å². The molecule has 1 aromatic rings. The molecule has 1 atom stereocenters. The Kier molecular flexibility index (Phi) is 2.26. The molecule has 1 nitrogen and oxygen atoms in total. The lowest BCUT2D eigenvalue weighted by Gasteiger charge is -2.21. The molecule has 1 aliphatic rings.